The number of hydrogen-bond donors (Lipinski definition) is 11. The van der Waals surface area contributed by atoms with Crippen LogP contribution in [-0.2, 0) is 64.5 Å². The van der Waals surface area contributed by atoms with Crippen molar-refractivity contribution in [3.63, 3.8) is 0 Å². The van der Waals surface area contributed by atoms with Crippen molar-refractivity contribution >= 4 is 69.5 Å². The van der Waals surface area contributed by atoms with Crippen LogP contribution in [0.3, 0.4) is 0 Å². The summed E-state index contributed by atoms with van der Waals surface area (Å²) in [6.45, 7) is 5.15. The van der Waals surface area contributed by atoms with Gasteiger partial charge in [-0.3, -0.25) is 48.5 Å². The second kappa shape index (κ2) is 22.6. The fourth-order valence-electron chi connectivity index (χ4n) is 17.4. The second-order valence-corrected chi connectivity index (χ2v) is 29.4. The van der Waals surface area contributed by atoms with Crippen molar-refractivity contribution in [2.24, 2.45) is 0 Å². The van der Waals surface area contributed by atoms with Crippen LogP contribution >= 0.6 is 0 Å². The highest BCUT2D eigenvalue weighted by molar-refractivity contribution is 6.18. The van der Waals surface area contributed by atoms with Crippen molar-refractivity contribution in [3.05, 3.63) is 245 Å². The number of nitrogens with zero attached hydrogens (tertiary/aromatic N) is 1. The number of nitrogens with two attached hydrogens (primary N) is 3. The third-order valence-electron chi connectivity index (χ3n) is 22.6. The molecule has 20 rings (SSSR count). The maximum absolute atomic E-state index is 13.4. The number of benzene rings is 8. The first-order valence-electron chi connectivity index (χ1n) is 35.0. The van der Waals surface area contributed by atoms with E-state index in [2.05, 4.69) is 21.3 Å². The van der Waals surface area contributed by atoms with Gasteiger partial charge in [-0.1, -0.05) is 97.1 Å². The maximum atomic E-state index is 13.4. The standard InChI is InChI=1S/C20H16N2O6.3C20H18N2O4/c1-10(23)21-19-14-8-7-12(11-5-6-11)9-16(14)28-20(19,25)17-13(18(19)24)3-2-4-15(17)22(26)27;3*1-10(23)22-19-13-8-7-12(11-5-6-11)9-16(13)26-20(19,25)14-3-2-4-15(21)17(14)18(19)24/h2-4,7-9,11,25H,5-6H2,1H3,(H,21,23);3*2-4,7-9,11,25H,5-6,21H2,1H3,(H,22,23)/t;2*19-,20-;/m.10./s1. The first-order valence-corrected chi connectivity index (χ1v) is 35.0. The van der Waals surface area contributed by atoms with E-state index in [1.165, 1.54) is 45.9 Å². The molecule has 26 nitrogen and oxygen atoms in total. The summed E-state index contributed by atoms with van der Waals surface area (Å²) in [5.74, 6) is -8.96. The van der Waals surface area contributed by atoms with E-state index in [4.69, 9.17) is 36.1 Å². The van der Waals surface area contributed by atoms with E-state index in [-0.39, 0.29) is 67.3 Å². The Bertz CT molecular complexity index is 5010. The molecule has 26 heteroatoms. The number of rotatable bonds is 9. The molecule has 0 bridgehead atoms. The lowest BCUT2D eigenvalue weighted by Crippen LogP contribution is -2.59. The van der Waals surface area contributed by atoms with Crippen LogP contribution in [0.2, 0.25) is 0 Å². The predicted octanol–water partition coefficient (Wildman–Crippen LogP) is 7.97. The van der Waals surface area contributed by atoms with E-state index in [9.17, 15) is 68.9 Å². The van der Waals surface area contributed by atoms with Crippen LogP contribution in [0, 0.1) is 10.1 Å². The molecule has 0 aromatic heterocycles. The predicted molar refractivity (Wildman–Crippen MR) is 377 cm³/mol. The lowest BCUT2D eigenvalue weighted by molar-refractivity contribution is -0.388. The number of ketones is 4. The second-order valence-electron chi connectivity index (χ2n) is 29.4. The van der Waals surface area contributed by atoms with Crippen LogP contribution in [-0.4, -0.2) is 72.1 Å². The number of nitro groups is 1. The highest BCUT2D eigenvalue weighted by Gasteiger charge is 2.76. The van der Waals surface area contributed by atoms with E-state index in [0.717, 1.165) is 73.6 Å². The Morgan fingerprint density at radius 1 is 0.387 bits per heavy atom. The van der Waals surface area contributed by atoms with Crippen molar-refractivity contribution in [1.82, 2.24) is 21.3 Å². The van der Waals surface area contributed by atoms with Gasteiger partial charge in [0.1, 0.15) is 28.6 Å². The summed E-state index contributed by atoms with van der Waals surface area (Å²) in [5.41, 5.74) is 18.4. The Labute approximate surface area is 603 Å². The zero-order chi connectivity index (χ0) is 74.6. The Balaban J connectivity index is 0.000000104. The van der Waals surface area contributed by atoms with Crippen LogP contribution in [0.5, 0.6) is 23.0 Å². The van der Waals surface area contributed by atoms with Gasteiger partial charge in [-0.15, -0.1) is 0 Å². The minimum absolute atomic E-state index is 0.0395. The SMILES string of the molecule is CC(=O)NC12C(=O)c3c(N)cccc3C1(O)Oc1cc(C3CC3)ccc12.CC(=O)NC12C(=O)c3cccc([N+](=O)[O-])c3C1(O)Oc1cc(C3CC3)ccc12.CC(=O)N[C@@]12C(=O)c3c(N)cccc3[C@]1(O)Oc1cc(C3CC3)ccc12.CC(=O)N[C@]12C(=O)c3c(N)cccc3[C@@]1(O)Oc1cc(C3CC3)ccc12. The molecule has 4 fully saturated rings. The van der Waals surface area contributed by atoms with Gasteiger partial charge in [-0.2, -0.15) is 0 Å². The molecule has 14 N–H and O–H groups in total. The molecule has 4 amide bonds. The van der Waals surface area contributed by atoms with Crippen LogP contribution in [0.1, 0.15) is 211 Å². The third kappa shape index (κ3) is 8.97. The number of amides is 4. The molecule has 0 radical (unpaired) electrons. The van der Waals surface area contributed by atoms with Crippen molar-refractivity contribution in [1.29, 1.82) is 0 Å². The fourth-order valence-corrected chi connectivity index (χ4v) is 17.4. The normalized spacial score (nSPS) is 27.8. The van der Waals surface area contributed by atoms with Crippen molar-refractivity contribution < 1.29 is 82.7 Å². The third-order valence-corrected chi connectivity index (χ3v) is 22.6. The van der Waals surface area contributed by atoms with Gasteiger partial charge in [-0.25, -0.2) is 0 Å². The molecule has 538 valence electrons. The van der Waals surface area contributed by atoms with Gasteiger partial charge in [0, 0.05) is 95.3 Å². The number of aliphatic hydroxyl groups is 4. The lowest BCUT2D eigenvalue weighted by atomic mass is 9.82. The summed E-state index contributed by atoms with van der Waals surface area (Å²) >= 11 is 0. The topological polar surface area (TPSA) is 424 Å². The van der Waals surface area contributed by atoms with Gasteiger partial charge in [0.15, 0.2) is 0 Å². The zero-order valence-corrected chi connectivity index (χ0v) is 57.5. The number of Topliss-reactive ketones (excluding diaryl/α,β-unsaturated/α-hetero) is 4. The number of hydrogen-bond acceptors (Lipinski definition) is 21. The summed E-state index contributed by atoms with van der Waals surface area (Å²) in [4.78, 5) is 113. The van der Waals surface area contributed by atoms with Crippen LogP contribution in [0.4, 0.5) is 22.7 Å². The van der Waals surface area contributed by atoms with E-state index in [1.54, 1.807) is 84.9 Å². The summed E-state index contributed by atoms with van der Waals surface area (Å²) in [5, 5.41) is 68.4. The molecule has 4 unspecified atom stereocenters. The van der Waals surface area contributed by atoms with E-state index >= 15 is 0 Å². The Hall–Kier alpha value is -11.8. The fraction of sp³-hybridized carbons (Fsp3) is 0.300. The van der Waals surface area contributed by atoms with Crippen LogP contribution < -0.4 is 57.4 Å². The van der Waals surface area contributed by atoms with Crippen molar-refractivity contribution in [2.75, 3.05) is 17.2 Å². The van der Waals surface area contributed by atoms with Gasteiger partial charge in [0.2, 0.25) is 68.9 Å². The number of anilines is 3. The summed E-state index contributed by atoms with van der Waals surface area (Å²) in [7, 11) is 0. The average Bonchev–Trinajstić information content (AvgIpc) is 1.53. The Morgan fingerprint density at radius 3 is 0.915 bits per heavy atom. The number of nitro benzene ring substituents is 1. The number of carbonyl (C=O) groups excluding carboxylic acids is 8. The van der Waals surface area contributed by atoms with Gasteiger partial charge in [0.25, 0.3) is 28.8 Å². The number of ether oxygens (including phenoxy) is 4. The van der Waals surface area contributed by atoms with E-state index in [1.807, 2.05) is 42.5 Å². The molecule has 0 saturated heterocycles. The molecule has 4 aliphatic heterocycles. The molecule has 106 heavy (non-hydrogen) atoms. The molecule has 0 spiro atoms. The number of nitrogen functional groups attached to an aromatic ring is 3. The van der Waals surface area contributed by atoms with Crippen molar-refractivity contribution in [2.45, 2.75) is 148 Å². The van der Waals surface area contributed by atoms with E-state index in [0.29, 0.717) is 63.2 Å². The minimum atomic E-state index is -2.40. The molecule has 8 aromatic carbocycles. The molecule has 12 aliphatic rings. The highest BCUT2D eigenvalue weighted by Crippen LogP contribution is 2.65. The number of carbonyl (C=O) groups is 8. The summed E-state index contributed by atoms with van der Waals surface area (Å²) < 4.78 is 23.7. The highest BCUT2D eigenvalue weighted by atomic mass is 16.7. The minimum Gasteiger partial charge on any atom is -0.454 e. The molecule has 8 aliphatic carbocycles. The first kappa shape index (κ1) is 67.3. The average molecular weight is 1430 g/mol. The molecular weight excluding hydrogens is 1360 g/mol. The van der Waals surface area contributed by atoms with Gasteiger partial charge >= 0.3 is 0 Å². The lowest BCUT2D eigenvalue weighted by Gasteiger charge is -2.34. The maximum Gasteiger partial charge on any atom is 0.280 e. The number of fused-ring (bicyclic) bond motifs is 20. The van der Waals surface area contributed by atoms with Crippen molar-refractivity contribution in [3.8, 4) is 23.0 Å². The first-order chi connectivity index (χ1) is 50.4. The van der Waals surface area contributed by atoms with Gasteiger partial charge < -0.3 is 77.8 Å². The number of nitrogens with one attached hydrogen (secondary N) is 4. The molecule has 4 saturated carbocycles. The quantitative estimate of drug-likeness (QED) is 0.0370. The smallest absolute Gasteiger partial charge is 0.280 e. The van der Waals surface area contributed by atoms with Gasteiger partial charge in [0.05, 0.1) is 21.6 Å². The van der Waals surface area contributed by atoms with E-state index < -0.39 is 103 Å². The largest absolute Gasteiger partial charge is 0.454 e. The molecular formula is C80H70N8O18. The van der Waals surface area contributed by atoms with Crippen LogP contribution in [0.15, 0.2) is 146 Å². The zero-order valence-electron chi connectivity index (χ0n) is 57.5. The summed E-state index contributed by atoms with van der Waals surface area (Å²) in [6.07, 6.45) is 8.84. The Kier molecular flexibility index (Phi) is 14.4. The monoisotopic (exact) mass is 1430 g/mol. The van der Waals surface area contributed by atoms with Crippen LogP contribution in [0.25, 0.3) is 0 Å². The Morgan fingerprint density at radius 2 is 0.651 bits per heavy atom. The van der Waals surface area contributed by atoms with Gasteiger partial charge in [-0.05, 0) is 140 Å². The summed E-state index contributed by atoms with van der Waals surface area (Å²) in [6, 6.07) is 40.6. The molecule has 8 aromatic rings. The molecule has 4 heterocycles. The molecule has 8 atom stereocenters.